The molecule has 0 aromatic rings. The van der Waals surface area contributed by atoms with Crippen molar-refractivity contribution >= 4 is 16.0 Å². The Balaban J connectivity index is 2.69. The number of aliphatic hydroxyl groups excluding tert-OH is 1. The van der Waals surface area contributed by atoms with Gasteiger partial charge < -0.3 is 9.84 Å². The fourth-order valence-corrected chi connectivity index (χ4v) is 3.53. The minimum Gasteiger partial charge on any atom is -0.468 e. The topological polar surface area (TPSA) is 92.7 Å². The number of carbonyl (C=O) groups is 1. The molecule has 1 rings (SSSR count). The minimum absolute atomic E-state index is 0.243. The SMILES string of the molecule is COC(=O)CS(=O)(=O)NC1(CO)CCCCC1. The summed E-state index contributed by atoms with van der Waals surface area (Å²) in [5.41, 5.74) is -0.800. The zero-order valence-electron chi connectivity index (χ0n) is 9.94. The van der Waals surface area contributed by atoms with Crippen molar-refractivity contribution in [3.8, 4) is 0 Å². The van der Waals surface area contributed by atoms with Crippen LogP contribution in [0.4, 0.5) is 0 Å². The summed E-state index contributed by atoms with van der Waals surface area (Å²) in [4.78, 5) is 11.0. The number of nitrogens with one attached hydrogen (secondary N) is 1. The predicted molar refractivity (Wildman–Crippen MR) is 61.8 cm³/mol. The molecule has 0 atom stereocenters. The molecule has 2 N–H and O–H groups in total. The Morgan fingerprint density at radius 3 is 2.41 bits per heavy atom. The van der Waals surface area contributed by atoms with Crippen molar-refractivity contribution in [1.82, 2.24) is 4.72 Å². The average molecular weight is 265 g/mol. The summed E-state index contributed by atoms with van der Waals surface area (Å²) in [5, 5.41) is 9.35. The molecule has 0 saturated heterocycles. The number of hydrogen-bond donors (Lipinski definition) is 2. The molecule has 6 nitrogen and oxygen atoms in total. The molecular formula is C10H19NO5S. The number of aliphatic hydroxyl groups is 1. The first-order valence-electron chi connectivity index (χ1n) is 5.62. The Hall–Kier alpha value is -0.660. The van der Waals surface area contributed by atoms with Crippen molar-refractivity contribution in [2.75, 3.05) is 19.5 Å². The summed E-state index contributed by atoms with van der Waals surface area (Å²) in [6.45, 7) is -0.243. The maximum absolute atomic E-state index is 11.7. The highest BCUT2D eigenvalue weighted by Crippen LogP contribution is 2.28. The largest absolute Gasteiger partial charge is 0.468 e. The van der Waals surface area contributed by atoms with Gasteiger partial charge >= 0.3 is 5.97 Å². The van der Waals surface area contributed by atoms with E-state index in [1.54, 1.807) is 0 Å². The monoisotopic (exact) mass is 265 g/mol. The third-order valence-corrected chi connectivity index (χ3v) is 4.38. The summed E-state index contributed by atoms with van der Waals surface area (Å²) < 4.78 is 30.2. The van der Waals surface area contributed by atoms with Crippen LogP contribution in [0.5, 0.6) is 0 Å². The Morgan fingerprint density at radius 1 is 1.35 bits per heavy atom. The third kappa shape index (κ3) is 4.25. The number of esters is 1. The molecule has 1 fully saturated rings. The fraction of sp³-hybridized carbons (Fsp3) is 0.900. The van der Waals surface area contributed by atoms with E-state index < -0.39 is 27.3 Å². The van der Waals surface area contributed by atoms with E-state index >= 15 is 0 Å². The molecule has 0 heterocycles. The van der Waals surface area contributed by atoms with E-state index in [4.69, 9.17) is 0 Å². The molecule has 17 heavy (non-hydrogen) atoms. The summed E-state index contributed by atoms with van der Waals surface area (Å²) in [5.74, 6) is -1.51. The molecule has 0 unspecified atom stereocenters. The van der Waals surface area contributed by atoms with Crippen molar-refractivity contribution < 1.29 is 23.1 Å². The zero-order chi connectivity index (χ0) is 12.9. The normalized spacial score (nSPS) is 19.9. The van der Waals surface area contributed by atoms with Crippen LogP contribution in [0.1, 0.15) is 32.1 Å². The Morgan fingerprint density at radius 2 is 1.94 bits per heavy atom. The second kappa shape index (κ2) is 5.79. The van der Waals surface area contributed by atoms with Crippen LogP contribution in [-0.4, -0.2) is 44.5 Å². The van der Waals surface area contributed by atoms with Gasteiger partial charge in [-0.3, -0.25) is 4.79 Å². The van der Waals surface area contributed by atoms with Crippen LogP contribution >= 0.6 is 0 Å². The van der Waals surface area contributed by atoms with Gasteiger partial charge in [-0.1, -0.05) is 19.3 Å². The van der Waals surface area contributed by atoms with E-state index in [1.807, 2.05) is 0 Å². The van der Waals surface area contributed by atoms with E-state index in [0.29, 0.717) is 12.8 Å². The van der Waals surface area contributed by atoms with Gasteiger partial charge in [0, 0.05) is 0 Å². The number of methoxy groups -OCH3 is 1. The van der Waals surface area contributed by atoms with Crippen molar-refractivity contribution in [1.29, 1.82) is 0 Å². The predicted octanol–water partition coefficient (Wildman–Crippen LogP) is -0.226. The lowest BCUT2D eigenvalue weighted by molar-refractivity contribution is -0.137. The number of sulfonamides is 1. The maximum atomic E-state index is 11.7. The molecule has 0 aromatic heterocycles. The van der Waals surface area contributed by atoms with Gasteiger partial charge in [-0.2, -0.15) is 0 Å². The standard InChI is InChI=1S/C10H19NO5S/c1-16-9(13)7-17(14,15)11-10(8-12)5-3-2-4-6-10/h11-12H,2-8H2,1H3. The molecule has 0 aromatic carbocycles. The van der Waals surface area contributed by atoms with Gasteiger partial charge in [0.05, 0.1) is 19.3 Å². The number of ether oxygens (including phenoxy) is 1. The number of carbonyl (C=O) groups excluding carboxylic acids is 1. The first-order valence-corrected chi connectivity index (χ1v) is 7.28. The first-order chi connectivity index (χ1) is 7.93. The van der Waals surface area contributed by atoms with Gasteiger partial charge in [-0.25, -0.2) is 13.1 Å². The molecule has 0 spiro atoms. The van der Waals surface area contributed by atoms with E-state index in [2.05, 4.69) is 9.46 Å². The van der Waals surface area contributed by atoms with Crippen molar-refractivity contribution in [3.63, 3.8) is 0 Å². The quantitative estimate of drug-likeness (QED) is 0.670. The molecule has 0 aliphatic heterocycles. The van der Waals surface area contributed by atoms with Gasteiger partial charge in [0.2, 0.25) is 10.0 Å². The second-order valence-corrected chi connectivity index (χ2v) is 6.16. The van der Waals surface area contributed by atoms with Crippen LogP contribution in [0.3, 0.4) is 0 Å². The zero-order valence-corrected chi connectivity index (χ0v) is 10.8. The lowest BCUT2D eigenvalue weighted by Gasteiger charge is -2.35. The lowest BCUT2D eigenvalue weighted by atomic mass is 9.83. The maximum Gasteiger partial charge on any atom is 0.322 e. The van der Waals surface area contributed by atoms with Crippen LogP contribution < -0.4 is 4.72 Å². The van der Waals surface area contributed by atoms with E-state index in [-0.39, 0.29) is 6.61 Å². The smallest absolute Gasteiger partial charge is 0.322 e. The Bertz CT molecular complexity index is 359. The Labute approximate surface area is 101 Å². The molecule has 1 aliphatic carbocycles. The van der Waals surface area contributed by atoms with Gasteiger partial charge in [0.15, 0.2) is 5.75 Å². The van der Waals surface area contributed by atoms with Crippen molar-refractivity contribution in [3.05, 3.63) is 0 Å². The van der Waals surface area contributed by atoms with Crippen LogP contribution in [0.25, 0.3) is 0 Å². The van der Waals surface area contributed by atoms with Gasteiger partial charge in [0.25, 0.3) is 0 Å². The fourth-order valence-electron chi connectivity index (χ4n) is 2.10. The lowest BCUT2D eigenvalue weighted by Crippen LogP contribution is -2.53. The summed E-state index contributed by atoms with van der Waals surface area (Å²) >= 11 is 0. The van der Waals surface area contributed by atoms with Crippen LogP contribution in [0, 0.1) is 0 Å². The summed E-state index contributed by atoms with van der Waals surface area (Å²) in [7, 11) is -2.61. The highest BCUT2D eigenvalue weighted by atomic mass is 32.2. The molecule has 7 heteroatoms. The Kier molecular flexibility index (Phi) is 4.91. The van der Waals surface area contributed by atoms with E-state index in [1.165, 1.54) is 0 Å². The average Bonchev–Trinajstić information content (AvgIpc) is 2.28. The van der Waals surface area contributed by atoms with Crippen LogP contribution in [0.15, 0.2) is 0 Å². The van der Waals surface area contributed by atoms with Gasteiger partial charge in [0.1, 0.15) is 0 Å². The van der Waals surface area contributed by atoms with Gasteiger partial charge in [-0.15, -0.1) is 0 Å². The molecule has 0 radical (unpaired) electrons. The molecule has 100 valence electrons. The summed E-state index contributed by atoms with van der Waals surface area (Å²) in [6.07, 6.45) is 4.00. The molecule has 1 saturated carbocycles. The van der Waals surface area contributed by atoms with Crippen molar-refractivity contribution in [2.24, 2.45) is 0 Å². The second-order valence-electron chi connectivity index (χ2n) is 4.44. The summed E-state index contributed by atoms with van der Waals surface area (Å²) in [6, 6.07) is 0. The first kappa shape index (κ1) is 14.4. The van der Waals surface area contributed by atoms with E-state index in [0.717, 1.165) is 26.4 Å². The third-order valence-electron chi connectivity index (χ3n) is 3.02. The molecule has 0 amide bonds. The van der Waals surface area contributed by atoms with Gasteiger partial charge in [-0.05, 0) is 12.8 Å². The highest BCUT2D eigenvalue weighted by molar-refractivity contribution is 7.90. The number of rotatable bonds is 5. The number of hydrogen-bond acceptors (Lipinski definition) is 5. The minimum atomic E-state index is -3.75. The van der Waals surface area contributed by atoms with E-state index in [9.17, 15) is 18.3 Å². The van der Waals surface area contributed by atoms with Crippen LogP contribution in [0.2, 0.25) is 0 Å². The molecule has 1 aliphatic rings. The highest BCUT2D eigenvalue weighted by Gasteiger charge is 2.36. The van der Waals surface area contributed by atoms with Crippen molar-refractivity contribution in [2.45, 2.75) is 37.6 Å². The molecular weight excluding hydrogens is 246 g/mol. The molecule has 0 bridgehead atoms. The van der Waals surface area contributed by atoms with Crippen LogP contribution in [-0.2, 0) is 19.6 Å².